The van der Waals surface area contributed by atoms with Crippen molar-refractivity contribution >= 4 is 11.6 Å². The molecule has 2 N–H and O–H groups in total. The molecule has 0 unspecified atom stereocenters. The quantitative estimate of drug-likeness (QED) is 0.574. The number of hydrogen-bond acceptors (Lipinski definition) is 4. The van der Waals surface area contributed by atoms with Gasteiger partial charge in [-0.15, -0.1) is 0 Å². The minimum atomic E-state index is -0.0819. The third-order valence-electron chi connectivity index (χ3n) is 4.44. The predicted molar refractivity (Wildman–Crippen MR) is 111 cm³/mol. The van der Waals surface area contributed by atoms with Gasteiger partial charge in [-0.3, -0.25) is 4.99 Å². The van der Waals surface area contributed by atoms with E-state index in [4.69, 9.17) is 14.2 Å². The topological polar surface area (TPSA) is 64.1 Å². The minimum Gasteiger partial charge on any atom is -0.497 e. The van der Waals surface area contributed by atoms with E-state index in [-0.39, 0.29) is 5.41 Å². The second-order valence-electron chi connectivity index (χ2n) is 6.73. The summed E-state index contributed by atoms with van der Waals surface area (Å²) in [7, 11) is 6.65. The lowest BCUT2D eigenvalue weighted by Crippen LogP contribution is -2.40. The van der Waals surface area contributed by atoms with E-state index in [0.29, 0.717) is 24.0 Å². The minimum absolute atomic E-state index is 0.0819. The molecule has 2 aromatic rings. The fraction of sp³-hybridized carbons (Fsp3) is 0.381. The molecule has 0 saturated carbocycles. The number of anilines is 1. The molecule has 0 heterocycles. The van der Waals surface area contributed by atoms with E-state index in [9.17, 15) is 0 Å². The summed E-state index contributed by atoms with van der Waals surface area (Å²) in [5, 5.41) is 6.67. The van der Waals surface area contributed by atoms with Crippen molar-refractivity contribution in [1.29, 1.82) is 0 Å². The Morgan fingerprint density at radius 1 is 0.926 bits per heavy atom. The van der Waals surface area contributed by atoms with Gasteiger partial charge in [-0.2, -0.15) is 0 Å². The molecule has 0 spiro atoms. The number of nitrogens with zero attached hydrogens (tertiary/aromatic N) is 1. The molecule has 146 valence electrons. The van der Waals surface area contributed by atoms with Crippen LogP contribution in [0, 0.1) is 0 Å². The molecule has 6 heteroatoms. The molecule has 0 fully saturated rings. The van der Waals surface area contributed by atoms with Crippen LogP contribution in [0.4, 0.5) is 5.69 Å². The summed E-state index contributed by atoms with van der Waals surface area (Å²) < 4.78 is 15.9. The molecule has 2 aromatic carbocycles. The molecule has 0 atom stereocenters. The van der Waals surface area contributed by atoms with Crippen molar-refractivity contribution in [2.45, 2.75) is 19.3 Å². The molecule has 0 saturated heterocycles. The molecule has 0 bridgehead atoms. The van der Waals surface area contributed by atoms with Gasteiger partial charge in [0.2, 0.25) is 0 Å². The number of aliphatic imine (C=N–C) groups is 1. The maximum Gasteiger partial charge on any atom is 0.195 e. The van der Waals surface area contributed by atoms with Gasteiger partial charge in [-0.1, -0.05) is 26.0 Å². The predicted octanol–water partition coefficient (Wildman–Crippen LogP) is 3.68. The average Bonchev–Trinajstić information content (AvgIpc) is 2.70. The lowest BCUT2D eigenvalue weighted by molar-refractivity contribution is 0.355. The van der Waals surface area contributed by atoms with Crippen LogP contribution in [0.1, 0.15) is 19.4 Å². The van der Waals surface area contributed by atoms with Crippen LogP contribution in [0.3, 0.4) is 0 Å². The summed E-state index contributed by atoms with van der Waals surface area (Å²) >= 11 is 0. The molecule has 0 amide bonds. The van der Waals surface area contributed by atoms with Gasteiger partial charge >= 0.3 is 0 Å². The van der Waals surface area contributed by atoms with Crippen LogP contribution in [-0.4, -0.2) is 40.9 Å². The number of hydrogen-bond donors (Lipinski definition) is 2. The summed E-state index contributed by atoms with van der Waals surface area (Å²) in [5.41, 5.74) is 2.00. The van der Waals surface area contributed by atoms with Gasteiger partial charge < -0.3 is 24.8 Å². The highest BCUT2D eigenvalue weighted by molar-refractivity contribution is 5.93. The molecule has 6 nitrogen and oxygen atoms in total. The second kappa shape index (κ2) is 9.16. The first kappa shape index (κ1) is 20.4. The number of guanidine groups is 1. The van der Waals surface area contributed by atoms with Gasteiger partial charge in [0.1, 0.15) is 5.75 Å². The van der Waals surface area contributed by atoms with E-state index in [1.807, 2.05) is 30.3 Å². The third kappa shape index (κ3) is 5.29. The number of rotatable bonds is 7. The lowest BCUT2D eigenvalue weighted by Gasteiger charge is -2.27. The average molecular weight is 371 g/mol. The third-order valence-corrected chi connectivity index (χ3v) is 4.44. The van der Waals surface area contributed by atoms with Crippen molar-refractivity contribution < 1.29 is 14.2 Å². The maximum absolute atomic E-state index is 5.35. The molecular weight excluding hydrogens is 342 g/mol. The normalized spacial score (nSPS) is 11.7. The highest BCUT2D eigenvalue weighted by Crippen LogP contribution is 2.30. The Bertz CT molecular complexity index is 771. The van der Waals surface area contributed by atoms with Crippen LogP contribution in [0.15, 0.2) is 47.5 Å². The van der Waals surface area contributed by atoms with Gasteiger partial charge in [0.05, 0.1) is 21.3 Å². The summed E-state index contributed by atoms with van der Waals surface area (Å²) in [6.45, 7) is 5.09. The van der Waals surface area contributed by atoms with E-state index < -0.39 is 0 Å². The van der Waals surface area contributed by atoms with Crippen molar-refractivity contribution in [3.8, 4) is 17.2 Å². The second-order valence-corrected chi connectivity index (χ2v) is 6.73. The summed E-state index contributed by atoms with van der Waals surface area (Å²) in [4.78, 5) is 4.31. The lowest BCUT2D eigenvalue weighted by atomic mass is 9.84. The van der Waals surface area contributed by atoms with Crippen LogP contribution in [0.25, 0.3) is 0 Å². The van der Waals surface area contributed by atoms with Gasteiger partial charge in [-0.05, 0) is 29.8 Å². The highest BCUT2D eigenvalue weighted by atomic mass is 16.5. The molecule has 2 rings (SSSR count). The van der Waals surface area contributed by atoms with Crippen molar-refractivity contribution in [3.63, 3.8) is 0 Å². The van der Waals surface area contributed by atoms with Crippen LogP contribution in [0.5, 0.6) is 17.2 Å². The summed E-state index contributed by atoms with van der Waals surface area (Å²) in [5.74, 6) is 2.89. The van der Waals surface area contributed by atoms with Crippen molar-refractivity contribution in [2.24, 2.45) is 4.99 Å². The van der Waals surface area contributed by atoms with Gasteiger partial charge in [-0.25, -0.2) is 0 Å². The Balaban J connectivity index is 2.04. The Hall–Kier alpha value is -2.89. The fourth-order valence-electron chi connectivity index (χ4n) is 2.68. The number of nitrogens with one attached hydrogen (secondary N) is 2. The van der Waals surface area contributed by atoms with E-state index >= 15 is 0 Å². The molecule has 27 heavy (non-hydrogen) atoms. The largest absolute Gasteiger partial charge is 0.497 e. The first-order valence-corrected chi connectivity index (χ1v) is 8.77. The molecular formula is C21H29N3O3. The van der Waals surface area contributed by atoms with Crippen LogP contribution >= 0.6 is 0 Å². The Kier molecular flexibility index (Phi) is 6.93. The smallest absolute Gasteiger partial charge is 0.195 e. The zero-order valence-corrected chi connectivity index (χ0v) is 16.9. The van der Waals surface area contributed by atoms with Crippen LogP contribution in [0.2, 0.25) is 0 Å². The van der Waals surface area contributed by atoms with Gasteiger partial charge in [0.15, 0.2) is 17.5 Å². The first-order valence-electron chi connectivity index (χ1n) is 8.77. The van der Waals surface area contributed by atoms with E-state index in [0.717, 1.165) is 11.4 Å². The Morgan fingerprint density at radius 2 is 1.59 bits per heavy atom. The van der Waals surface area contributed by atoms with Crippen molar-refractivity contribution in [3.05, 3.63) is 48.0 Å². The van der Waals surface area contributed by atoms with Crippen molar-refractivity contribution in [2.75, 3.05) is 40.2 Å². The first-order chi connectivity index (χ1) is 12.9. The van der Waals surface area contributed by atoms with Gasteiger partial charge in [0.25, 0.3) is 0 Å². The molecule has 0 aliphatic carbocycles. The SMILES string of the molecule is CN=C(NCC(C)(C)c1ccc(OC)cc1)Nc1ccc(OC)c(OC)c1. The van der Waals surface area contributed by atoms with E-state index in [1.165, 1.54) is 5.56 Å². The van der Waals surface area contributed by atoms with E-state index in [1.54, 1.807) is 28.4 Å². The number of ether oxygens (including phenoxy) is 3. The zero-order valence-electron chi connectivity index (χ0n) is 16.9. The van der Waals surface area contributed by atoms with Crippen molar-refractivity contribution in [1.82, 2.24) is 5.32 Å². The number of benzene rings is 2. The van der Waals surface area contributed by atoms with E-state index in [2.05, 4.69) is 41.6 Å². The fourth-order valence-corrected chi connectivity index (χ4v) is 2.68. The number of methoxy groups -OCH3 is 3. The Labute approximate surface area is 161 Å². The van der Waals surface area contributed by atoms with Crippen LogP contribution < -0.4 is 24.8 Å². The molecule has 0 radical (unpaired) electrons. The van der Waals surface area contributed by atoms with Crippen LogP contribution in [-0.2, 0) is 5.41 Å². The molecule has 0 aliphatic rings. The molecule has 0 aromatic heterocycles. The summed E-state index contributed by atoms with van der Waals surface area (Å²) in [6, 6.07) is 13.8. The molecule has 0 aliphatic heterocycles. The van der Waals surface area contributed by atoms with Gasteiger partial charge in [0, 0.05) is 30.8 Å². The standard InChI is InChI=1S/C21H29N3O3/c1-21(2,15-7-10-17(25-4)11-8-15)14-23-20(22-3)24-16-9-12-18(26-5)19(13-16)27-6/h7-13H,14H2,1-6H3,(H2,22,23,24). The highest BCUT2D eigenvalue weighted by Gasteiger charge is 2.21. The Morgan fingerprint density at radius 3 is 2.15 bits per heavy atom. The zero-order chi connectivity index (χ0) is 19.9. The maximum atomic E-state index is 5.35. The monoisotopic (exact) mass is 371 g/mol. The summed E-state index contributed by atoms with van der Waals surface area (Å²) in [6.07, 6.45) is 0.